The molecule has 4 aromatic carbocycles. The van der Waals surface area contributed by atoms with E-state index in [1.807, 2.05) is 54.6 Å². The number of hydrogen-bond acceptors (Lipinski definition) is 2. The first-order valence-electron chi connectivity index (χ1n) is 10.2. The highest BCUT2D eigenvalue weighted by Gasteiger charge is 2.09. The van der Waals surface area contributed by atoms with E-state index in [4.69, 9.17) is 23.2 Å². The fourth-order valence-electron chi connectivity index (χ4n) is 3.63. The Bertz CT molecular complexity index is 1560. The zero-order valence-corrected chi connectivity index (χ0v) is 20.3. The Morgan fingerprint density at radius 3 is 2.12 bits per heavy atom. The maximum atomic E-state index is 6.12. The van der Waals surface area contributed by atoms with E-state index in [9.17, 15) is 0 Å². The van der Waals surface area contributed by atoms with Gasteiger partial charge in [-0.15, -0.1) is 0 Å². The second kappa shape index (κ2) is 9.40. The molecule has 0 bridgehead atoms. The van der Waals surface area contributed by atoms with Gasteiger partial charge in [-0.3, -0.25) is 10.2 Å². The topological polar surface area (TPSA) is 57.4 Å². The van der Waals surface area contributed by atoms with Gasteiger partial charge in [0, 0.05) is 26.4 Å². The van der Waals surface area contributed by atoms with Crippen LogP contribution in [0.3, 0.4) is 0 Å². The van der Waals surface area contributed by atoms with E-state index in [0.29, 0.717) is 0 Å². The Labute approximate surface area is 208 Å². The molecule has 0 amide bonds. The molecule has 0 aliphatic rings. The SMILES string of the molecule is Clc1ccc2[nH]nc(-c3cccc(-c4ccccc4)c3)c2c1.Clc1ccc2n[nH]c(Br)c2c1. The molecule has 0 saturated heterocycles. The Balaban J connectivity index is 0.000000174. The van der Waals surface area contributed by atoms with Crippen LogP contribution >= 0.6 is 39.1 Å². The van der Waals surface area contributed by atoms with Crippen LogP contribution in [0.15, 0.2) is 95.6 Å². The minimum atomic E-state index is 0.717. The molecule has 0 fully saturated rings. The highest BCUT2D eigenvalue weighted by molar-refractivity contribution is 9.10. The molecule has 2 heterocycles. The largest absolute Gasteiger partial charge is 0.277 e. The molecule has 0 unspecified atom stereocenters. The molecule has 0 atom stereocenters. The standard InChI is InChI=1S/C19H13ClN2.C7H4BrClN2/c20-16-9-10-18-17(12-16)19(22-21-18)15-8-4-7-14(11-15)13-5-2-1-3-6-13;8-7-5-3-4(9)1-2-6(5)10-11-7/h1-12H,(H,21,22);1-3H,(H,10,11). The summed E-state index contributed by atoms with van der Waals surface area (Å²) >= 11 is 15.2. The van der Waals surface area contributed by atoms with Gasteiger partial charge in [0.2, 0.25) is 0 Å². The van der Waals surface area contributed by atoms with Crippen LogP contribution in [0.25, 0.3) is 44.2 Å². The van der Waals surface area contributed by atoms with E-state index in [1.54, 1.807) is 0 Å². The number of hydrogen-bond donors (Lipinski definition) is 2. The Kier molecular flexibility index (Phi) is 6.18. The van der Waals surface area contributed by atoms with Crippen LogP contribution in [0.1, 0.15) is 0 Å². The minimum absolute atomic E-state index is 0.717. The first-order chi connectivity index (χ1) is 16.1. The number of H-pyrrole nitrogens is 2. The zero-order valence-electron chi connectivity index (χ0n) is 17.2. The second-order valence-corrected chi connectivity index (χ2v) is 9.07. The summed E-state index contributed by atoms with van der Waals surface area (Å²) in [5, 5.41) is 17.9. The Morgan fingerprint density at radius 2 is 1.30 bits per heavy atom. The maximum Gasteiger partial charge on any atom is 0.108 e. The normalized spacial score (nSPS) is 10.9. The van der Waals surface area contributed by atoms with Crippen LogP contribution in [-0.2, 0) is 0 Å². The lowest BCUT2D eigenvalue weighted by atomic mass is 10.0. The van der Waals surface area contributed by atoms with Crippen molar-refractivity contribution in [3.8, 4) is 22.4 Å². The average Bonchev–Trinajstić information content (AvgIpc) is 3.43. The monoisotopic (exact) mass is 534 g/mol. The van der Waals surface area contributed by atoms with Crippen LogP contribution in [0, 0.1) is 0 Å². The molecule has 33 heavy (non-hydrogen) atoms. The number of halogens is 3. The third-order valence-corrected chi connectivity index (χ3v) is 6.31. The van der Waals surface area contributed by atoms with Gasteiger partial charge in [0.15, 0.2) is 0 Å². The van der Waals surface area contributed by atoms with Crippen molar-refractivity contribution < 1.29 is 0 Å². The van der Waals surface area contributed by atoms with Crippen molar-refractivity contribution in [2.75, 3.05) is 0 Å². The number of nitrogens with zero attached hydrogens (tertiary/aromatic N) is 2. The molecular weight excluding hydrogens is 519 g/mol. The number of rotatable bonds is 2. The highest BCUT2D eigenvalue weighted by Crippen LogP contribution is 2.31. The lowest BCUT2D eigenvalue weighted by Crippen LogP contribution is -1.82. The summed E-state index contributed by atoms with van der Waals surface area (Å²) in [4.78, 5) is 0. The van der Waals surface area contributed by atoms with E-state index in [-0.39, 0.29) is 0 Å². The predicted molar refractivity (Wildman–Crippen MR) is 141 cm³/mol. The van der Waals surface area contributed by atoms with Gasteiger partial charge in [-0.25, -0.2) is 0 Å². The van der Waals surface area contributed by atoms with Gasteiger partial charge in [-0.05, 0) is 69.5 Å². The van der Waals surface area contributed by atoms with Crippen LogP contribution < -0.4 is 0 Å². The average molecular weight is 536 g/mol. The van der Waals surface area contributed by atoms with Gasteiger partial charge >= 0.3 is 0 Å². The van der Waals surface area contributed by atoms with E-state index in [1.165, 1.54) is 11.1 Å². The molecule has 4 nitrogen and oxygen atoms in total. The van der Waals surface area contributed by atoms with Crippen LogP contribution in [0.2, 0.25) is 10.0 Å². The summed E-state index contributed by atoms with van der Waals surface area (Å²) in [6.45, 7) is 0. The van der Waals surface area contributed by atoms with Crippen molar-refractivity contribution >= 4 is 60.9 Å². The number of aromatic amines is 2. The van der Waals surface area contributed by atoms with Crippen molar-refractivity contribution in [2.24, 2.45) is 0 Å². The fraction of sp³-hybridized carbons (Fsp3) is 0. The Hall–Kier alpha value is -3.12. The molecule has 0 aliphatic carbocycles. The molecule has 0 radical (unpaired) electrons. The summed E-state index contributed by atoms with van der Waals surface area (Å²) in [5.74, 6) is 0. The molecule has 0 saturated carbocycles. The number of aromatic nitrogens is 4. The fourth-order valence-corrected chi connectivity index (χ4v) is 4.38. The van der Waals surface area contributed by atoms with Crippen molar-refractivity contribution in [3.63, 3.8) is 0 Å². The first-order valence-corrected chi connectivity index (χ1v) is 11.7. The summed E-state index contributed by atoms with van der Waals surface area (Å²) in [5.41, 5.74) is 6.29. The maximum absolute atomic E-state index is 6.12. The second-order valence-electron chi connectivity index (χ2n) is 7.41. The molecule has 162 valence electrons. The zero-order chi connectivity index (χ0) is 22.8. The van der Waals surface area contributed by atoms with Crippen LogP contribution in [0.4, 0.5) is 0 Å². The number of fused-ring (bicyclic) bond motifs is 2. The predicted octanol–water partition coefficient (Wildman–Crippen LogP) is 8.53. The summed E-state index contributed by atoms with van der Waals surface area (Å²) in [7, 11) is 0. The molecule has 0 aliphatic heterocycles. The highest BCUT2D eigenvalue weighted by atomic mass is 79.9. The molecule has 7 heteroatoms. The van der Waals surface area contributed by atoms with Crippen molar-refractivity contribution in [3.05, 3.63) is 106 Å². The lowest BCUT2D eigenvalue weighted by Gasteiger charge is -2.04. The van der Waals surface area contributed by atoms with Gasteiger partial charge in [-0.2, -0.15) is 10.2 Å². The summed E-state index contributed by atoms with van der Waals surface area (Å²) in [6, 6.07) is 30.1. The van der Waals surface area contributed by atoms with Gasteiger partial charge in [0.25, 0.3) is 0 Å². The van der Waals surface area contributed by atoms with E-state index >= 15 is 0 Å². The van der Waals surface area contributed by atoms with Crippen molar-refractivity contribution in [1.29, 1.82) is 0 Å². The van der Waals surface area contributed by atoms with Crippen LogP contribution in [-0.4, -0.2) is 20.4 Å². The van der Waals surface area contributed by atoms with E-state index in [0.717, 1.165) is 47.7 Å². The third-order valence-electron chi connectivity index (χ3n) is 5.24. The lowest BCUT2D eigenvalue weighted by molar-refractivity contribution is 1.10. The molecular formula is C26H17BrCl2N4. The van der Waals surface area contributed by atoms with E-state index in [2.05, 4.69) is 72.7 Å². The number of benzene rings is 4. The first kappa shape index (κ1) is 21.7. The minimum Gasteiger partial charge on any atom is -0.277 e. The van der Waals surface area contributed by atoms with Crippen LogP contribution in [0.5, 0.6) is 0 Å². The smallest absolute Gasteiger partial charge is 0.108 e. The van der Waals surface area contributed by atoms with E-state index < -0.39 is 0 Å². The number of nitrogens with one attached hydrogen (secondary N) is 2. The Morgan fingerprint density at radius 1 is 0.606 bits per heavy atom. The molecule has 2 aromatic heterocycles. The molecule has 0 spiro atoms. The van der Waals surface area contributed by atoms with Gasteiger partial charge < -0.3 is 0 Å². The van der Waals surface area contributed by atoms with Gasteiger partial charge in [-0.1, -0.05) is 71.7 Å². The van der Waals surface area contributed by atoms with Crippen molar-refractivity contribution in [2.45, 2.75) is 0 Å². The summed E-state index contributed by atoms with van der Waals surface area (Å²) < 4.78 is 0.870. The molecule has 6 aromatic rings. The van der Waals surface area contributed by atoms with Crippen molar-refractivity contribution in [1.82, 2.24) is 20.4 Å². The quantitative estimate of drug-likeness (QED) is 0.233. The molecule has 2 N–H and O–H groups in total. The van der Waals surface area contributed by atoms with Gasteiger partial charge in [0.1, 0.15) is 4.60 Å². The molecule has 6 rings (SSSR count). The van der Waals surface area contributed by atoms with Gasteiger partial charge in [0.05, 0.1) is 16.7 Å². The summed E-state index contributed by atoms with van der Waals surface area (Å²) in [6.07, 6.45) is 0. The third kappa shape index (κ3) is 4.67.